The maximum absolute atomic E-state index is 9.80. The number of rotatable bonds is 3. The predicted octanol–water partition coefficient (Wildman–Crippen LogP) is 3.78. The molecule has 0 unspecified atom stereocenters. The molecule has 4 heteroatoms. The van der Waals surface area contributed by atoms with E-state index < -0.39 is 6.10 Å². The molecular formula is C17H16N2O2. The molecule has 0 amide bonds. The molecule has 1 N–H and O–H groups in total. The van der Waals surface area contributed by atoms with Gasteiger partial charge in [-0.2, -0.15) is 0 Å². The Labute approximate surface area is 123 Å². The second-order valence-corrected chi connectivity index (χ2v) is 4.96. The zero-order valence-corrected chi connectivity index (χ0v) is 11.9. The number of para-hydroxylation sites is 1. The van der Waals surface area contributed by atoms with Crippen LogP contribution < -0.4 is 4.74 Å². The van der Waals surface area contributed by atoms with Gasteiger partial charge in [-0.25, -0.2) is 9.97 Å². The summed E-state index contributed by atoms with van der Waals surface area (Å²) < 4.78 is 5.91. The standard InChI is InChI=1S/C17H16N2O2/c1-11-8-9-13-5-3-7-15(16(13)19-11)21-17-14(12(2)20)6-4-10-18-17/h3-10,12,20H,1-2H3/t12-/m1/s1. The molecule has 1 aromatic carbocycles. The Balaban J connectivity index is 2.08. The Bertz CT molecular complexity index is 785. The van der Waals surface area contributed by atoms with Gasteiger partial charge >= 0.3 is 0 Å². The van der Waals surface area contributed by atoms with Crippen LogP contribution in [-0.2, 0) is 0 Å². The molecule has 0 saturated carbocycles. The molecule has 1 atom stereocenters. The van der Waals surface area contributed by atoms with E-state index in [9.17, 15) is 5.11 Å². The van der Waals surface area contributed by atoms with Gasteiger partial charge in [-0.1, -0.05) is 18.2 Å². The first-order valence-electron chi connectivity index (χ1n) is 6.82. The summed E-state index contributed by atoms with van der Waals surface area (Å²) in [7, 11) is 0. The number of pyridine rings is 2. The van der Waals surface area contributed by atoms with E-state index >= 15 is 0 Å². The summed E-state index contributed by atoms with van der Waals surface area (Å²) in [5.74, 6) is 1.04. The average molecular weight is 280 g/mol. The van der Waals surface area contributed by atoms with Gasteiger partial charge in [-0.15, -0.1) is 0 Å². The Morgan fingerprint density at radius 2 is 1.95 bits per heavy atom. The van der Waals surface area contributed by atoms with Crippen LogP contribution in [0.4, 0.5) is 0 Å². The first kappa shape index (κ1) is 13.5. The van der Waals surface area contributed by atoms with Crippen molar-refractivity contribution in [1.82, 2.24) is 9.97 Å². The molecule has 21 heavy (non-hydrogen) atoms. The van der Waals surface area contributed by atoms with Crippen molar-refractivity contribution in [1.29, 1.82) is 0 Å². The number of benzene rings is 1. The van der Waals surface area contributed by atoms with Crippen molar-refractivity contribution in [3.8, 4) is 11.6 Å². The molecular weight excluding hydrogens is 264 g/mol. The van der Waals surface area contributed by atoms with Gasteiger partial charge in [0.1, 0.15) is 5.52 Å². The highest BCUT2D eigenvalue weighted by Gasteiger charge is 2.12. The summed E-state index contributed by atoms with van der Waals surface area (Å²) in [5.41, 5.74) is 2.37. The summed E-state index contributed by atoms with van der Waals surface area (Å²) in [5, 5.41) is 10.8. The number of nitrogens with zero attached hydrogens (tertiary/aromatic N) is 2. The lowest BCUT2D eigenvalue weighted by atomic mass is 10.1. The molecule has 0 aliphatic carbocycles. The number of ether oxygens (including phenoxy) is 1. The zero-order chi connectivity index (χ0) is 14.8. The van der Waals surface area contributed by atoms with E-state index in [-0.39, 0.29) is 0 Å². The van der Waals surface area contributed by atoms with Gasteiger partial charge in [0.15, 0.2) is 5.75 Å². The van der Waals surface area contributed by atoms with E-state index in [0.717, 1.165) is 16.6 Å². The van der Waals surface area contributed by atoms with E-state index in [0.29, 0.717) is 17.2 Å². The van der Waals surface area contributed by atoms with Crippen LogP contribution in [0.2, 0.25) is 0 Å². The van der Waals surface area contributed by atoms with Crippen LogP contribution in [0.3, 0.4) is 0 Å². The predicted molar refractivity (Wildman–Crippen MR) is 81.4 cm³/mol. The maximum atomic E-state index is 9.80. The molecule has 0 fully saturated rings. The third-order valence-corrected chi connectivity index (χ3v) is 3.28. The van der Waals surface area contributed by atoms with Crippen LogP contribution in [0.5, 0.6) is 11.6 Å². The minimum Gasteiger partial charge on any atom is -0.436 e. The van der Waals surface area contributed by atoms with E-state index in [1.54, 1.807) is 25.3 Å². The number of aryl methyl sites for hydroxylation is 1. The van der Waals surface area contributed by atoms with Gasteiger partial charge < -0.3 is 9.84 Å². The summed E-state index contributed by atoms with van der Waals surface area (Å²) in [6.07, 6.45) is 1.00. The highest BCUT2D eigenvalue weighted by atomic mass is 16.5. The maximum Gasteiger partial charge on any atom is 0.225 e. The summed E-state index contributed by atoms with van der Waals surface area (Å²) in [6, 6.07) is 13.3. The minimum absolute atomic E-state index is 0.406. The number of fused-ring (bicyclic) bond motifs is 1. The second kappa shape index (κ2) is 5.50. The van der Waals surface area contributed by atoms with Crippen LogP contribution >= 0.6 is 0 Å². The Kier molecular flexibility index (Phi) is 3.54. The lowest BCUT2D eigenvalue weighted by Gasteiger charge is -2.12. The third kappa shape index (κ3) is 2.71. The Morgan fingerprint density at radius 3 is 2.76 bits per heavy atom. The molecule has 2 aromatic heterocycles. The van der Waals surface area contributed by atoms with E-state index in [2.05, 4.69) is 9.97 Å². The third-order valence-electron chi connectivity index (χ3n) is 3.28. The zero-order valence-electron chi connectivity index (χ0n) is 11.9. The molecule has 2 heterocycles. The molecule has 106 valence electrons. The highest BCUT2D eigenvalue weighted by molar-refractivity contribution is 5.84. The molecule has 4 nitrogen and oxygen atoms in total. The quantitative estimate of drug-likeness (QED) is 0.793. The van der Waals surface area contributed by atoms with Crippen LogP contribution in [-0.4, -0.2) is 15.1 Å². The number of aromatic nitrogens is 2. The SMILES string of the molecule is Cc1ccc2cccc(Oc3ncccc3[C@@H](C)O)c2n1. The monoisotopic (exact) mass is 280 g/mol. The van der Waals surface area contributed by atoms with Gasteiger partial charge in [0.25, 0.3) is 0 Å². The van der Waals surface area contributed by atoms with Crippen LogP contribution in [0, 0.1) is 6.92 Å². The van der Waals surface area contributed by atoms with Crippen molar-refractivity contribution in [3.05, 3.63) is 59.9 Å². The molecule has 3 aromatic rings. The minimum atomic E-state index is -0.640. The van der Waals surface area contributed by atoms with E-state index in [1.807, 2.05) is 37.3 Å². The topological polar surface area (TPSA) is 55.2 Å². The molecule has 3 rings (SSSR count). The van der Waals surface area contributed by atoms with E-state index in [1.165, 1.54) is 0 Å². The van der Waals surface area contributed by atoms with Crippen molar-refractivity contribution in [2.24, 2.45) is 0 Å². The van der Waals surface area contributed by atoms with Gasteiger partial charge in [-0.05, 0) is 38.1 Å². The lowest BCUT2D eigenvalue weighted by molar-refractivity contribution is 0.194. The van der Waals surface area contributed by atoms with Crippen molar-refractivity contribution >= 4 is 10.9 Å². The normalized spacial score (nSPS) is 12.3. The van der Waals surface area contributed by atoms with Gasteiger partial charge in [0.2, 0.25) is 5.88 Å². The van der Waals surface area contributed by atoms with Crippen molar-refractivity contribution in [3.63, 3.8) is 0 Å². The fourth-order valence-corrected chi connectivity index (χ4v) is 2.21. The van der Waals surface area contributed by atoms with Crippen molar-refractivity contribution < 1.29 is 9.84 Å². The Hall–Kier alpha value is -2.46. The number of aliphatic hydroxyl groups excluding tert-OH is 1. The van der Waals surface area contributed by atoms with E-state index in [4.69, 9.17) is 4.74 Å². The molecule has 0 spiro atoms. The van der Waals surface area contributed by atoms with Crippen LogP contribution in [0.25, 0.3) is 10.9 Å². The van der Waals surface area contributed by atoms with Crippen molar-refractivity contribution in [2.75, 3.05) is 0 Å². The largest absolute Gasteiger partial charge is 0.436 e. The fraction of sp³-hybridized carbons (Fsp3) is 0.176. The average Bonchev–Trinajstić information content (AvgIpc) is 2.48. The summed E-state index contributed by atoms with van der Waals surface area (Å²) in [6.45, 7) is 3.63. The molecule has 0 saturated heterocycles. The summed E-state index contributed by atoms with van der Waals surface area (Å²) in [4.78, 5) is 8.75. The number of hydrogen-bond donors (Lipinski definition) is 1. The molecule has 0 aliphatic rings. The smallest absolute Gasteiger partial charge is 0.225 e. The van der Waals surface area contributed by atoms with Crippen molar-refractivity contribution in [2.45, 2.75) is 20.0 Å². The lowest BCUT2D eigenvalue weighted by Crippen LogP contribution is -1.99. The highest BCUT2D eigenvalue weighted by Crippen LogP contribution is 2.31. The van der Waals surface area contributed by atoms with Gasteiger partial charge in [0.05, 0.1) is 6.10 Å². The fourth-order valence-electron chi connectivity index (χ4n) is 2.21. The summed E-state index contributed by atoms with van der Waals surface area (Å²) >= 11 is 0. The number of hydrogen-bond acceptors (Lipinski definition) is 4. The Morgan fingerprint density at radius 1 is 1.10 bits per heavy atom. The second-order valence-electron chi connectivity index (χ2n) is 4.96. The molecule has 0 aliphatic heterocycles. The van der Waals surface area contributed by atoms with Gasteiger partial charge in [-0.3, -0.25) is 0 Å². The molecule has 0 radical (unpaired) electrons. The number of aliphatic hydroxyl groups is 1. The van der Waals surface area contributed by atoms with Gasteiger partial charge in [0, 0.05) is 22.8 Å². The van der Waals surface area contributed by atoms with Crippen LogP contribution in [0.1, 0.15) is 24.3 Å². The molecule has 0 bridgehead atoms. The first-order valence-corrected chi connectivity index (χ1v) is 6.82. The van der Waals surface area contributed by atoms with Crippen LogP contribution in [0.15, 0.2) is 48.7 Å². The first-order chi connectivity index (χ1) is 10.1.